The maximum absolute atomic E-state index is 9.33. The van der Waals surface area contributed by atoms with Crippen molar-refractivity contribution in [3.63, 3.8) is 0 Å². The Labute approximate surface area is 103 Å². The first-order chi connectivity index (χ1) is 8.31. The molecule has 0 spiro atoms. The predicted octanol–water partition coefficient (Wildman–Crippen LogP) is 1.33. The van der Waals surface area contributed by atoms with Gasteiger partial charge >= 0.3 is 0 Å². The van der Waals surface area contributed by atoms with Gasteiger partial charge in [-0.2, -0.15) is 0 Å². The van der Waals surface area contributed by atoms with Crippen LogP contribution < -0.4 is 5.32 Å². The summed E-state index contributed by atoms with van der Waals surface area (Å²) in [6.07, 6.45) is 8.78. The third-order valence-electron chi connectivity index (χ3n) is 3.83. The van der Waals surface area contributed by atoms with Crippen molar-refractivity contribution in [2.24, 2.45) is 5.92 Å². The maximum atomic E-state index is 9.33. The van der Waals surface area contributed by atoms with Crippen LogP contribution in [0.1, 0.15) is 31.5 Å². The fourth-order valence-electron chi connectivity index (χ4n) is 2.71. The van der Waals surface area contributed by atoms with Crippen molar-refractivity contribution in [1.29, 1.82) is 0 Å². The molecular weight excluding hydrogens is 214 g/mol. The first-order valence-electron chi connectivity index (χ1n) is 6.63. The third kappa shape index (κ3) is 3.30. The van der Waals surface area contributed by atoms with Gasteiger partial charge in [0.25, 0.3) is 0 Å². The first-order valence-corrected chi connectivity index (χ1v) is 6.63. The van der Waals surface area contributed by atoms with Gasteiger partial charge in [-0.3, -0.25) is 0 Å². The van der Waals surface area contributed by atoms with Crippen LogP contribution in [-0.4, -0.2) is 33.9 Å². The van der Waals surface area contributed by atoms with Gasteiger partial charge in [-0.25, -0.2) is 4.98 Å². The topological polar surface area (TPSA) is 50.1 Å². The Kier molecular flexibility index (Phi) is 4.57. The average Bonchev–Trinajstić information content (AvgIpc) is 2.76. The highest BCUT2D eigenvalue weighted by molar-refractivity contribution is 4.89. The number of aliphatic hydroxyl groups is 1. The number of aliphatic hydroxyl groups excluding tert-OH is 1. The van der Waals surface area contributed by atoms with E-state index in [2.05, 4.69) is 14.9 Å². The Morgan fingerprint density at radius 1 is 1.47 bits per heavy atom. The molecule has 2 N–H and O–H groups in total. The lowest BCUT2D eigenvalue weighted by Crippen LogP contribution is -2.41. The molecule has 1 aromatic heterocycles. The third-order valence-corrected chi connectivity index (χ3v) is 3.83. The number of rotatable bonds is 5. The van der Waals surface area contributed by atoms with Gasteiger partial charge < -0.3 is 15.0 Å². The Bertz CT molecular complexity index is 337. The van der Waals surface area contributed by atoms with E-state index in [4.69, 9.17) is 0 Å². The quantitative estimate of drug-likeness (QED) is 0.812. The molecule has 0 radical (unpaired) electrons. The molecule has 0 bridgehead atoms. The highest BCUT2D eigenvalue weighted by Gasteiger charge is 2.23. The average molecular weight is 237 g/mol. The Balaban J connectivity index is 1.75. The standard InChI is InChI=1S/C13H23N3O/c1-11-14-6-8-16(11)9-7-15-13-5-3-2-4-12(13)10-17/h6,8,12-13,15,17H,2-5,7,9-10H2,1H3. The molecule has 1 aromatic rings. The van der Waals surface area contributed by atoms with Crippen molar-refractivity contribution in [1.82, 2.24) is 14.9 Å². The largest absolute Gasteiger partial charge is 0.396 e. The van der Waals surface area contributed by atoms with Crippen LogP contribution in [0, 0.1) is 12.8 Å². The lowest BCUT2D eigenvalue weighted by molar-refractivity contribution is 0.152. The molecule has 17 heavy (non-hydrogen) atoms. The molecule has 0 aliphatic heterocycles. The lowest BCUT2D eigenvalue weighted by Gasteiger charge is -2.31. The van der Waals surface area contributed by atoms with Gasteiger partial charge in [0, 0.05) is 38.1 Å². The van der Waals surface area contributed by atoms with Crippen LogP contribution in [0.5, 0.6) is 0 Å². The van der Waals surface area contributed by atoms with Gasteiger partial charge in [0.05, 0.1) is 0 Å². The van der Waals surface area contributed by atoms with Gasteiger partial charge in [-0.05, 0) is 25.7 Å². The summed E-state index contributed by atoms with van der Waals surface area (Å²) in [7, 11) is 0. The summed E-state index contributed by atoms with van der Waals surface area (Å²) in [5.41, 5.74) is 0. The summed E-state index contributed by atoms with van der Waals surface area (Å²) in [6, 6.07) is 0.498. The van der Waals surface area contributed by atoms with Gasteiger partial charge in [-0.1, -0.05) is 12.8 Å². The van der Waals surface area contributed by atoms with E-state index in [1.54, 1.807) is 0 Å². The molecule has 2 unspecified atom stereocenters. The van der Waals surface area contributed by atoms with Crippen LogP contribution in [-0.2, 0) is 6.54 Å². The number of hydrogen-bond acceptors (Lipinski definition) is 3. The molecule has 1 fully saturated rings. The zero-order valence-corrected chi connectivity index (χ0v) is 10.6. The molecule has 2 rings (SSSR count). The maximum Gasteiger partial charge on any atom is 0.105 e. The number of aromatic nitrogens is 2. The second kappa shape index (κ2) is 6.17. The van der Waals surface area contributed by atoms with Crippen LogP contribution >= 0.6 is 0 Å². The van der Waals surface area contributed by atoms with Gasteiger partial charge in [0.1, 0.15) is 5.82 Å². The van der Waals surface area contributed by atoms with Crippen molar-refractivity contribution in [3.8, 4) is 0 Å². The van der Waals surface area contributed by atoms with Gasteiger partial charge in [-0.15, -0.1) is 0 Å². The molecule has 1 heterocycles. The fraction of sp³-hybridized carbons (Fsp3) is 0.769. The summed E-state index contributed by atoms with van der Waals surface area (Å²) in [5.74, 6) is 1.52. The molecule has 0 amide bonds. The van der Waals surface area contributed by atoms with E-state index in [1.807, 2.05) is 19.3 Å². The minimum Gasteiger partial charge on any atom is -0.396 e. The molecule has 1 aliphatic carbocycles. The van der Waals surface area contributed by atoms with Crippen molar-refractivity contribution < 1.29 is 5.11 Å². The van der Waals surface area contributed by atoms with Crippen LogP contribution in [0.15, 0.2) is 12.4 Å². The molecule has 0 saturated heterocycles. The summed E-state index contributed by atoms with van der Waals surface area (Å²) >= 11 is 0. The molecule has 2 atom stereocenters. The van der Waals surface area contributed by atoms with E-state index in [0.29, 0.717) is 18.6 Å². The number of imidazole rings is 1. The van der Waals surface area contributed by atoms with Crippen LogP contribution in [0.4, 0.5) is 0 Å². The summed E-state index contributed by atoms with van der Waals surface area (Å²) < 4.78 is 2.16. The monoisotopic (exact) mass is 237 g/mol. The zero-order valence-electron chi connectivity index (χ0n) is 10.6. The Morgan fingerprint density at radius 2 is 2.29 bits per heavy atom. The molecule has 4 nitrogen and oxygen atoms in total. The highest BCUT2D eigenvalue weighted by Crippen LogP contribution is 2.23. The van der Waals surface area contributed by atoms with E-state index in [9.17, 15) is 5.11 Å². The molecular formula is C13H23N3O. The van der Waals surface area contributed by atoms with E-state index in [-0.39, 0.29) is 0 Å². The molecule has 1 saturated carbocycles. The highest BCUT2D eigenvalue weighted by atomic mass is 16.3. The van der Waals surface area contributed by atoms with Crippen molar-refractivity contribution in [2.75, 3.05) is 13.2 Å². The Morgan fingerprint density at radius 3 is 3.00 bits per heavy atom. The Hall–Kier alpha value is -0.870. The number of hydrogen-bond donors (Lipinski definition) is 2. The summed E-state index contributed by atoms with van der Waals surface area (Å²) in [4.78, 5) is 4.21. The fourth-order valence-corrected chi connectivity index (χ4v) is 2.71. The second-order valence-electron chi connectivity index (χ2n) is 4.96. The van der Waals surface area contributed by atoms with Crippen LogP contribution in [0.3, 0.4) is 0 Å². The minimum absolute atomic E-state index is 0.321. The zero-order chi connectivity index (χ0) is 12.1. The normalized spacial score (nSPS) is 25.1. The summed E-state index contributed by atoms with van der Waals surface area (Å²) in [6.45, 7) is 4.26. The van der Waals surface area contributed by atoms with E-state index >= 15 is 0 Å². The summed E-state index contributed by atoms with van der Waals surface area (Å²) in [5, 5.41) is 12.9. The number of nitrogens with zero attached hydrogens (tertiary/aromatic N) is 2. The van der Waals surface area contributed by atoms with Crippen molar-refractivity contribution in [2.45, 2.75) is 45.2 Å². The molecule has 96 valence electrons. The van der Waals surface area contributed by atoms with Crippen LogP contribution in [0.2, 0.25) is 0 Å². The van der Waals surface area contributed by atoms with E-state index in [1.165, 1.54) is 19.3 Å². The van der Waals surface area contributed by atoms with Crippen LogP contribution in [0.25, 0.3) is 0 Å². The van der Waals surface area contributed by atoms with Crippen molar-refractivity contribution in [3.05, 3.63) is 18.2 Å². The minimum atomic E-state index is 0.321. The number of aryl methyl sites for hydroxylation is 1. The van der Waals surface area contributed by atoms with E-state index in [0.717, 1.165) is 25.3 Å². The molecule has 4 heteroatoms. The van der Waals surface area contributed by atoms with Gasteiger partial charge in [0.2, 0.25) is 0 Å². The lowest BCUT2D eigenvalue weighted by atomic mass is 9.85. The van der Waals surface area contributed by atoms with Crippen molar-refractivity contribution >= 4 is 0 Å². The SMILES string of the molecule is Cc1nccn1CCNC1CCCCC1CO. The van der Waals surface area contributed by atoms with E-state index < -0.39 is 0 Å². The second-order valence-corrected chi connectivity index (χ2v) is 4.96. The molecule has 1 aliphatic rings. The smallest absolute Gasteiger partial charge is 0.105 e. The molecule has 0 aromatic carbocycles. The van der Waals surface area contributed by atoms with Gasteiger partial charge in [0.15, 0.2) is 0 Å². The number of nitrogens with one attached hydrogen (secondary N) is 1. The first kappa shape index (κ1) is 12.6. The predicted molar refractivity (Wildman–Crippen MR) is 67.8 cm³/mol.